The number of hydrogen-bond donors (Lipinski definition) is 1. The molecule has 7 heteroatoms. The zero-order valence-electron chi connectivity index (χ0n) is 12.3. The Morgan fingerprint density at radius 1 is 1.22 bits per heavy atom. The fourth-order valence-electron chi connectivity index (χ4n) is 2.57. The number of carbonyl (C=O) groups is 2. The molecule has 0 bridgehead atoms. The molecular weight excluding hydrogens is 309 g/mol. The first-order valence-corrected chi connectivity index (χ1v) is 7.21. The van der Waals surface area contributed by atoms with Gasteiger partial charge >= 0.3 is 6.18 Å². The first kappa shape index (κ1) is 17.1. The average Bonchev–Trinajstić information content (AvgIpc) is 2.52. The van der Waals surface area contributed by atoms with Gasteiger partial charge in [0, 0.05) is 19.2 Å². The Bertz CT molecular complexity index is 612. The molecule has 0 saturated carbocycles. The number of carbonyl (C=O) groups excluding carboxylic acids is 2. The lowest BCUT2D eigenvalue weighted by atomic mass is 9.97. The molecule has 23 heavy (non-hydrogen) atoms. The van der Waals surface area contributed by atoms with Crippen LogP contribution >= 0.6 is 0 Å². The molecule has 0 aromatic heterocycles. The van der Waals surface area contributed by atoms with Gasteiger partial charge in [-0.15, -0.1) is 0 Å². The van der Waals surface area contributed by atoms with E-state index < -0.39 is 29.5 Å². The van der Waals surface area contributed by atoms with Crippen LogP contribution in [0.2, 0.25) is 0 Å². The van der Waals surface area contributed by atoms with Crippen LogP contribution in [0.25, 0.3) is 5.57 Å². The zero-order valence-corrected chi connectivity index (χ0v) is 12.3. The third-order valence-corrected chi connectivity index (χ3v) is 3.79. The lowest BCUT2D eigenvalue weighted by Crippen LogP contribution is -2.43. The van der Waals surface area contributed by atoms with Crippen LogP contribution < -0.4 is 5.73 Å². The van der Waals surface area contributed by atoms with Crippen LogP contribution in [0.3, 0.4) is 0 Å². The topological polar surface area (TPSA) is 63.4 Å². The summed E-state index contributed by atoms with van der Waals surface area (Å²) in [5, 5.41) is 0. The van der Waals surface area contributed by atoms with Crippen molar-refractivity contribution in [3.8, 4) is 0 Å². The molecule has 0 unspecified atom stereocenters. The van der Waals surface area contributed by atoms with Crippen molar-refractivity contribution in [2.24, 2.45) is 11.7 Å². The first-order valence-electron chi connectivity index (χ1n) is 7.21. The minimum absolute atomic E-state index is 0.0601. The second-order valence-corrected chi connectivity index (χ2v) is 5.45. The molecule has 2 amide bonds. The molecule has 1 fully saturated rings. The molecule has 1 aliphatic heterocycles. The quantitative estimate of drug-likeness (QED) is 0.867. The van der Waals surface area contributed by atoms with Gasteiger partial charge in [0.25, 0.3) is 0 Å². The van der Waals surface area contributed by atoms with Gasteiger partial charge in [-0.1, -0.05) is 30.3 Å². The lowest BCUT2D eigenvalue weighted by molar-refractivity contribution is -0.131. The van der Waals surface area contributed by atoms with E-state index in [1.165, 1.54) is 29.2 Å². The second kappa shape index (κ2) is 6.85. The second-order valence-electron chi connectivity index (χ2n) is 5.45. The van der Waals surface area contributed by atoms with Gasteiger partial charge in [-0.05, 0) is 18.4 Å². The summed E-state index contributed by atoms with van der Waals surface area (Å²) in [7, 11) is 0. The van der Waals surface area contributed by atoms with Crippen molar-refractivity contribution in [3.05, 3.63) is 42.0 Å². The monoisotopic (exact) mass is 326 g/mol. The number of nitrogens with zero attached hydrogens (tertiary/aromatic N) is 1. The van der Waals surface area contributed by atoms with E-state index in [1.54, 1.807) is 6.07 Å². The summed E-state index contributed by atoms with van der Waals surface area (Å²) in [5.41, 5.74) is 4.15. The van der Waals surface area contributed by atoms with Gasteiger partial charge in [0.05, 0.1) is 11.5 Å². The van der Waals surface area contributed by atoms with Gasteiger partial charge in [-0.3, -0.25) is 9.59 Å². The first-order chi connectivity index (χ1) is 10.8. The Balaban J connectivity index is 2.25. The van der Waals surface area contributed by atoms with E-state index >= 15 is 0 Å². The molecule has 1 aromatic carbocycles. The van der Waals surface area contributed by atoms with Crippen LogP contribution in [0.4, 0.5) is 13.2 Å². The van der Waals surface area contributed by atoms with Gasteiger partial charge in [-0.2, -0.15) is 13.2 Å². The predicted octanol–water partition coefficient (Wildman–Crippen LogP) is 2.36. The highest BCUT2D eigenvalue weighted by molar-refractivity contribution is 5.96. The minimum atomic E-state index is -4.64. The number of nitrogens with two attached hydrogens (primary N) is 1. The van der Waals surface area contributed by atoms with Gasteiger partial charge in [0.2, 0.25) is 11.8 Å². The van der Waals surface area contributed by atoms with Gasteiger partial charge in [0.15, 0.2) is 0 Å². The third-order valence-electron chi connectivity index (χ3n) is 3.79. The van der Waals surface area contributed by atoms with Crippen molar-refractivity contribution >= 4 is 17.4 Å². The highest BCUT2D eigenvalue weighted by atomic mass is 19.4. The Labute approximate surface area is 131 Å². The summed E-state index contributed by atoms with van der Waals surface area (Å²) in [6, 6.07) is 7.15. The van der Waals surface area contributed by atoms with E-state index in [0.29, 0.717) is 25.5 Å². The van der Waals surface area contributed by atoms with E-state index in [0.717, 1.165) is 0 Å². The Kier molecular flexibility index (Phi) is 5.08. The number of amides is 2. The molecule has 124 valence electrons. The fourth-order valence-corrected chi connectivity index (χ4v) is 2.57. The molecule has 1 atom stereocenters. The summed E-state index contributed by atoms with van der Waals surface area (Å²) in [4.78, 5) is 24.7. The summed E-state index contributed by atoms with van der Waals surface area (Å²) in [5.74, 6) is -1.80. The molecule has 4 nitrogen and oxygen atoms in total. The van der Waals surface area contributed by atoms with Crippen LogP contribution in [0, 0.1) is 5.92 Å². The number of allylic oxidation sites excluding steroid dienone is 1. The number of benzene rings is 1. The number of rotatable bonds is 3. The molecule has 1 saturated heterocycles. The molecule has 0 aliphatic carbocycles. The van der Waals surface area contributed by atoms with Crippen LogP contribution in [0.1, 0.15) is 18.4 Å². The maximum absolute atomic E-state index is 13.2. The summed E-state index contributed by atoms with van der Waals surface area (Å²) in [6.45, 7) is 0.379. The number of primary amides is 1. The Morgan fingerprint density at radius 2 is 1.87 bits per heavy atom. The van der Waals surface area contributed by atoms with Crippen molar-refractivity contribution in [3.63, 3.8) is 0 Å². The van der Waals surface area contributed by atoms with Crippen molar-refractivity contribution in [2.75, 3.05) is 13.1 Å². The van der Waals surface area contributed by atoms with Crippen LogP contribution in [0.5, 0.6) is 0 Å². The van der Waals surface area contributed by atoms with Gasteiger partial charge in [-0.25, -0.2) is 0 Å². The molecule has 1 heterocycles. The molecule has 2 N–H and O–H groups in total. The van der Waals surface area contributed by atoms with Crippen molar-refractivity contribution in [1.82, 2.24) is 4.90 Å². The van der Waals surface area contributed by atoms with E-state index in [2.05, 4.69) is 0 Å². The number of likely N-dealkylation sites (tertiary alicyclic amines) is 1. The summed E-state index contributed by atoms with van der Waals surface area (Å²) < 4.78 is 39.7. The lowest BCUT2D eigenvalue weighted by Gasteiger charge is -2.30. The average molecular weight is 326 g/mol. The van der Waals surface area contributed by atoms with Crippen molar-refractivity contribution in [2.45, 2.75) is 19.0 Å². The molecule has 2 rings (SSSR count). The maximum atomic E-state index is 13.2. The number of alkyl halides is 3. The number of piperidine rings is 1. The van der Waals surface area contributed by atoms with E-state index in [-0.39, 0.29) is 12.1 Å². The summed E-state index contributed by atoms with van der Waals surface area (Å²) >= 11 is 0. The number of halogens is 3. The van der Waals surface area contributed by atoms with E-state index in [9.17, 15) is 22.8 Å². The smallest absolute Gasteiger partial charge is 0.369 e. The molecular formula is C16H17F3N2O2. The Hall–Kier alpha value is -2.31. The highest BCUT2D eigenvalue weighted by Gasteiger charge is 2.36. The molecule has 1 aromatic rings. The highest BCUT2D eigenvalue weighted by Crippen LogP contribution is 2.34. The predicted molar refractivity (Wildman–Crippen MR) is 79.0 cm³/mol. The van der Waals surface area contributed by atoms with Crippen LogP contribution in [-0.2, 0) is 9.59 Å². The molecule has 1 aliphatic rings. The number of hydrogen-bond acceptors (Lipinski definition) is 2. The minimum Gasteiger partial charge on any atom is -0.369 e. The van der Waals surface area contributed by atoms with E-state index in [4.69, 9.17) is 5.73 Å². The van der Waals surface area contributed by atoms with Crippen LogP contribution in [0.15, 0.2) is 36.4 Å². The van der Waals surface area contributed by atoms with Gasteiger partial charge in [0.1, 0.15) is 0 Å². The van der Waals surface area contributed by atoms with E-state index in [1.807, 2.05) is 0 Å². The maximum Gasteiger partial charge on any atom is 0.417 e. The summed E-state index contributed by atoms with van der Waals surface area (Å²) in [6.07, 6.45) is -2.96. The molecule has 0 radical (unpaired) electrons. The largest absolute Gasteiger partial charge is 0.417 e. The normalized spacial score (nSPS) is 19.5. The van der Waals surface area contributed by atoms with Crippen molar-refractivity contribution in [1.29, 1.82) is 0 Å². The fraction of sp³-hybridized carbons (Fsp3) is 0.375. The third kappa shape index (κ3) is 4.34. The van der Waals surface area contributed by atoms with Crippen molar-refractivity contribution < 1.29 is 22.8 Å². The Morgan fingerprint density at radius 3 is 2.43 bits per heavy atom. The molecule has 0 spiro atoms. The standard InChI is InChI=1S/C16H17F3N2O2/c17-16(18,19)13(11-5-2-1-3-6-11)9-14(22)21-8-4-7-12(10-21)15(20)23/h1-3,5-6,9,12H,4,7-8,10H2,(H2,20,23)/b13-9+/t12-/m0/s1. The van der Waals surface area contributed by atoms with Gasteiger partial charge < -0.3 is 10.6 Å². The van der Waals surface area contributed by atoms with Crippen LogP contribution in [-0.4, -0.2) is 36.0 Å². The zero-order chi connectivity index (χ0) is 17.0. The SMILES string of the molecule is NC(=O)[C@H]1CCCN(C(=O)/C=C(\c2ccccc2)C(F)(F)F)C1.